The van der Waals surface area contributed by atoms with Crippen molar-refractivity contribution in [3.63, 3.8) is 0 Å². The summed E-state index contributed by atoms with van der Waals surface area (Å²) in [6.07, 6.45) is 2.02. The smallest absolute Gasteiger partial charge is 0.227 e. The molecule has 3 nitrogen and oxygen atoms in total. The molecule has 0 aliphatic carbocycles. The topological polar surface area (TPSA) is 46.3 Å². The van der Waals surface area contributed by atoms with E-state index in [0.717, 1.165) is 19.4 Å². The van der Waals surface area contributed by atoms with Gasteiger partial charge in [0.05, 0.1) is 6.42 Å². The van der Waals surface area contributed by atoms with Crippen molar-refractivity contribution in [1.82, 2.24) is 4.90 Å². The Morgan fingerprint density at radius 2 is 2.24 bits per heavy atom. The Bertz CT molecular complexity index is 408. The zero-order valence-electron chi connectivity index (χ0n) is 9.73. The van der Waals surface area contributed by atoms with Crippen molar-refractivity contribution in [2.45, 2.75) is 25.3 Å². The van der Waals surface area contributed by atoms with E-state index in [4.69, 9.17) is 5.73 Å². The molecule has 1 aromatic carbocycles. The molecule has 1 heterocycles. The van der Waals surface area contributed by atoms with Gasteiger partial charge in [0.15, 0.2) is 0 Å². The summed E-state index contributed by atoms with van der Waals surface area (Å²) in [5.74, 6) is -0.354. The second-order valence-electron chi connectivity index (χ2n) is 4.51. The van der Waals surface area contributed by atoms with Crippen LogP contribution in [0.15, 0.2) is 24.3 Å². The molecule has 0 aromatic heterocycles. The minimum absolute atomic E-state index is 0.0368. The average molecular weight is 236 g/mol. The number of piperidine rings is 1. The lowest BCUT2D eigenvalue weighted by Crippen LogP contribution is -2.46. The first-order valence-corrected chi connectivity index (χ1v) is 5.93. The van der Waals surface area contributed by atoms with E-state index in [9.17, 15) is 9.18 Å². The first kappa shape index (κ1) is 12.0. The minimum Gasteiger partial charge on any atom is -0.341 e. The van der Waals surface area contributed by atoms with Gasteiger partial charge >= 0.3 is 0 Å². The number of nitrogens with zero attached hydrogens (tertiary/aromatic N) is 1. The molecule has 92 valence electrons. The molecule has 1 atom stereocenters. The summed E-state index contributed by atoms with van der Waals surface area (Å²) in [6.45, 7) is 1.33. The van der Waals surface area contributed by atoms with E-state index in [0.29, 0.717) is 12.1 Å². The summed E-state index contributed by atoms with van der Waals surface area (Å²) >= 11 is 0. The van der Waals surface area contributed by atoms with Crippen LogP contribution < -0.4 is 5.73 Å². The van der Waals surface area contributed by atoms with Crippen molar-refractivity contribution in [2.24, 2.45) is 5.73 Å². The Labute approximate surface area is 100 Å². The Morgan fingerprint density at radius 1 is 1.47 bits per heavy atom. The number of rotatable bonds is 2. The Morgan fingerprint density at radius 3 is 2.94 bits per heavy atom. The number of hydrogen-bond donors (Lipinski definition) is 1. The summed E-state index contributed by atoms with van der Waals surface area (Å²) in [5, 5.41) is 0. The summed E-state index contributed by atoms with van der Waals surface area (Å²) in [4.78, 5) is 13.7. The Kier molecular flexibility index (Phi) is 3.74. The lowest BCUT2D eigenvalue weighted by atomic mass is 10.0. The molecule has 0 bridgehead atoms. The van der Waals surface area contributed by atoms with Gasteiger partial charge < -0.3 is 10.6 Å². The number of amides is 1. The molecule has 1 aliphatic rings. The maximum atomic E-state index is 13.4. The average Bonchev–Trinajstić information content (AvgIpc) is 2.32. The van der Waals surface area contributed by atoms with E-state index in [2.05, 4.69) is 0 Å². The van der Waals surface area contributed by atoms with Crippen LogP contribution in [0.2, 0.25) is 0 Å². The van der Waals surface area contributed by atoms with Gasteiger partial charge in [-0.15, -0.1) is 0 Å². The van der Waals surface area contributed by atoms with E-state index in [1.54, 1.807) is 23.1 Å². The van der Waals surface area contributed by atoms with Gasteiger partial charge in [0.25, 0.3) is 0 Å². The van der Waals surface area contributed by atoms with Crippen LogP contribution in [0.4, 0.5) is 4.39 Å². The second-order valence-corrected chi connectivity index (χ2v) is 4.51. The van der Waals surface area contributed by atoms with Crippen molar-refractivity contribution in [2.75, 3.05) is 13.1 Å². The molecule has 0 saturated carbocycles. The second kappa shape index (κ2) is 5.27. The van der Waals surface area contributed by atoms with Crippen LogP contribution in [0.25, 0.3) is 0 Å². The van der Waals surface area contributed by atoms with E-state index < -0.39 is 0 Å². The molecule has 1 aliphatic heterocycles. The largest absolute Gasteiger partial charge is 0.341 e. The molecule has 2 N–H and O–H groups in total. The standard InChI is InChI=1S/C13H17FN2O/c14-12-6-2-1-4-10(12)8-13(17)16-7-3-5-11(15)9-16/h1-2,4,6,11H,3,5,7-9,15H2. The fourth-order valence-corrected chi connectivity index (χ4v) is 2.15. The number of carbonyl (C=O) groups excluding carboxylic acids is 1. The zero-order chi connectivity index (χ0) is 12.3. The highest BCUT2D eigenvalue weighted by atomic mass is 19.1. The molecule has 1 unspecified atom stereocenters. The van der Waals surface area contributed by atoms with Crippen molar-refractivity contribution >= 4 is 5.91 Å². The van der Waals surface area contributed by atoms with Crippen LogP contribution in [0.5, 0.6) is 0 Å². The highest BCUT2D eigenvalue weighted by Crippen LogP contribution is 2.12. The molecule has 2 rings (SSSR count). The van der Waals surface area contributed by atoms with Gasteiger partial charge in [-0.1, -0.05) is 18.2 Å². The van der Waals surface area contributed by atoms with E-state index in [1.165, 1.54) is 6.07 Å². The van der Waals surface area contributed by atoms with Gasteiger partial charge in [0.2, 0.25) is 5.91 Å². The number of hydrogen-bond acceptors (Lipinski definition) is 2. The van der Waals surface area contributed by atoms with E-state index in [1.807, 2.05) is 0 Å². The van der Waals surface area contributed by atoms with E-state index >= 15 is 0 Å². The summed E-state index contributed by atoms with van der Waals surface area (Å²) < 4.78 is 13.4. The summed E-state index contributed by atoms with van der Waals surface area (Å²) in [6, 6.07) is 6.46. The molecular weight excluding hydrogens is 219 g/mol. The van der Waals surface area contributed by atoms with Crippen LogP contribution in [0, 0.1) is 5.82 Å². The lowest BCUT2D eigenvalue weighted by molar-refractivity contribution is -0.131. The van der Waals surface area contributed by atoms with Crippen molar-refractivity contribution in [3.8, 4) is 0 Å². The minimum atomic E-state index is -0.317. The quantitative estimate of drug-likeness (QED) is 0.841. The fourth-order valence-electron chi connectivity index (χ4n) is 2.15. The molecule has 1 aromatic rings. The number of benzene rings is 1. The molecule has 17 heavy (non-hydrogen) atoms. The van der Waals surface area contributed by atoms with Gasteiger partial charge in [-0.25, -0.2) is 4.39 Å². The highest BCUT2D eigenvalue weighted by Gasteiger charge is 2.21. The number of carbonyl (C=O) groups is 1. The number of likely N-dealkylation sites (tertiary alicyclic amines) is 1. The predicted molar refractivity (Wildman–Crippen MR) is 63.9 cm³/mol. The first-order valence-electron chi connectivity index (χ1n) is 5.93. The van der Waals surface area contributed by atoms with Gasteiger partial charge in [-0.3, -0.25) is 4.79 Å². The Hall–Kier alpha value is -1.42. The van der Waals surface area contributed by atoms with Gasteiger partial charge in [-0.2, -0.15) is 0 Å². The third-order valence-electron chi connectivity index (χ3n) is 3.11. The van der Waals surface area contributed by atoms with Crippen LogP contribution in [-0.2, 0) is 11.2 Å². The summed E-state index contributed by atoms with van der Waals surface area (Å²) in [5.41, 5.74) is 6.27. The first-order chi connectivity index (χ1) is 8.16. The molecule has 1 saturated heterocycles. The van der Waals surface area contributed by atoms with Gasteiger partial charge in [0.1, 0.15) is 5.82 Å². The number of nitrogens with two attached hydrogens (primary N) is 1. The predicted octanol–water partition coefficient (Wildman–Crippen LogP) is 1.32. The van der Waals surface area contributed by atoms with Gasteiger partial charge in [-0.05, 0) is 24.5 Å². The molecule has 1 amide bonds. The molecular formula is C13H17FN2O. The van der Waals surface area contributed by atoms with Crippen LogP contribution in [0.3, 0.4) is 0 Å². The van der Waals surface area contributed by atoms with Crippen molar-refractivity contribution in [3.05, 3.63) is 35.6 Å². The van der Waals surface area contributed by atoms with Crippen LogP contribution in [0.1, 0.15) is 18.4 Å². The van der Waals surface area contributed by atoms with Crippen molar-refractivity contribution in [1.29, 1.82) is 0 Å². The summed E-state index contributed by atoms with van der Waals surface area (Å²) in [7, 11) is 0. The van der Waals surface area contributed by atoms with E-state index in [-0.39, 0.29) is 24.2 Å². The third kappa shape index (κ3) is 3.03. The van der Waals surface area contributed by atoms with Crippen molar-refractivity contribution < 1.29 is 9.18 Å². The maximum Gasteiger partial charge on any atom is 0.227 e. The maximum absolute atomic E-state index is 13.4. The number of halogens is 1. The van der Waals surface area contributed by atoms with Crippen LogP contribution >= 0.6 is 0 Å². The fraction of sp³-hybridized carbons (Fsp3) is 0.462. The Balaban J connectivity index is 1.99. The molecule has 0 radical (unpaired) electrons. The third-order valence-corrected chi connectivity index (χ3v) is 3.11. The molecule has 4 heteroatoms. The van der Waals surface area contributed by atoms with Gasteiger partial charge in [0, 0.05) is 19.1 Å². The monoisotopic (exact) mass is 236 g/mol. The zero-order valence-corrected chi connectivity index (χ0v) is 9.73. The normalized spacial score (nSPS) is 20.4. The molecule has 0 spiro atoms. The lowest BCUT2D eigenvalue weighted by Gasteiger charge is -2.30. The molecule has 1 fully saturated rings. The highest BCUT2D eigenvalue weighted by molar-refractivity contribution is 5.79. The SMILES string of the molecule is NC1CCCN(C(=O)Cc2ccccc2F)C1. The van der Waals surface area contributed by atoms with Crippen LogP contribution in [-0.4, -0.2) is 29.9 Å².